The van der Waals surface area contributed by atoms with Gasteiger partial charge in [-0.25, -0.2) is 4.79 Å². The summed E-state index contributed by atoms with van der Waals surface area (Å²) in [4.78, 5) is 13.5. The van der Waals surface area contributed by atoms with Crippen molar-refractivity contribution in [3.8, 4) is 0 Å². The van der Waals surface area contributed by atoms with Gasteiger partial charge >= 0.3 is 5.97 Å². The van der Waals surface area contributed by atoms with Crippen molar-refractivity contribution in [1.29, 1.82) is 0 Å². The van der Waals surface area contributed by atoms with E-state index in [0.717, 1.165) is 12.8 Å². The van der Waals surface area contributed by atoms with Crippen molar-refractivity contribution in [2.75, 3.05) is 20.6 Å². The Morgan fingerprint density at radius 3 is 2.28 bits per heavy atom. The fraction of sp³-hybridized carbons (Fsp3) is 0.800. The summed E-state index contributed by atoms with van der Waals surface area (Å²) >= 11 is 0. The Balaban J connectivity index is 3.38. The third-order valence-corrected chi connectivity index (χ3v) is 2.87. The number of unbranched alkanes of at least 4 members (excludes halogenated alkanes) is 4. The Labute approximate surface area is 112 Å². The monoisotopic (exact) mass is 255 g/mol. The van der Waals surface area contributed by atoms with E-state index in [1.165, 1.54) is 32.2 Å². The molecule has 0 heterocycles. The van der Waals surface area contributed by atoms with Crippen LogP contribution in [0.2, 0.25) is 0 Å². The lowest BCUT2D eigenvalue weighted by atomic mass is 10.1. The standard InChI is InChI=1S/C15H29NO2/c1-13(2)15(17)18-14(3)11-9-7-6-8-10-12-16(4)5/h14H,1,6-12H2,2-5H3. The lowest BCUT2D eigenvalue weighted by molar-refractivity contribution is -0.143. The Morgan fingerprint density at radius 1 is 1.17 bits per heavy atom. The molecule has 0 bridgehead atoms. The van der Waals surface area contributed by atoms with Gasteiger partial charge in [-0.3, -0.25) is 0 Å². The Morgan fingerprint density at radius 2 is 1.72 bits per heavy atom. The topological polar surface area (TPSA) is 29.5 Å². The van der Waals surface area contributed by atoms with Crippen molar-refractivity contribution in [2.45, 2.75) is 58.5 Å². The number of hydrogen-bond acceptors (Lipinski definition) is 3. The number of nitrogens with zero attached hydrogens (tertiary/aromatic N) is 1. The van der Waals surface area contributed by atoms with Crippen LogP contribution in [0, 0.1) is 0 Å². The maximum absolute atomic E-state index is 11.3. The van der Waals surface area contributed by atoms with E-state index < -0.39 is 0 Å². The zero-order chi connectivity index (χ0) is 14.0. The molecular formula is C15H29NO2. The van der Waals surface area contributed by atoms with Crippen LogP contribution in [0.4, 0.5) is 0 Å². The Kier molecular flexibility index (Phi) is 9.66. The minimum absolute atomic E-state index is 0.0102. The van der Waals surface area contributed by atoms with Crippen molar-refractivity contribution in [1.82, 2.24) is 4.90 Å². The van der Waals surface area contributed by atoms with Crippen LogP contribution in [0.15, 0.2) is 12.2 Å². The van der Waals surface area contributed by atoms with Crippen LogP contribution in [0.3, 0.4) is 0 Å². The van der Waals surface area contributed by atoms with Crippen LogP contribution in [0.25, 0.3) is 0 Å². The third kappa shape index (κ3) is 10.3. The zero-order valence-corrected chi connectivity index (χ0v) is 12.5. The molecule has 106 valence electrons. The molecule has 0 aromatic rings. The molecule has 0 radical (unpaired) electrons. The minimum Gasteiger partial charge on any atom is -0.459 e. The molecule has 0 amide bonds. The number of esters is 1. The average molecular weight is 255 g/mol. The summed E-state index contributed by atoms with van der Waals surface area (Å²) in [5.74, 6) is -0.270. The van der Waals surface area contributed by atoms with Crippen molar-refractivity contribution in [3.63, 3.8) is 0 Å². The van der Waals surface area contributed by atoms with Crippen molar-refractivity contribution < 1.29 is 9.53 Å². The Hall–Kier alpha value is -0.830. The molecule has 0 aliphatic heterocycles. The van der Waals surface area contributed by atoms with Gasteiger partial charge in [0.15, 0.2) is 0 Å². The molecule has 3 nitrogen and oxygen atoms in total. The summed E-state index contributed by atoms with van der Waals surface area (Å²) in [6.07, 6.45) is 7.15. The molecule has 0 saturated heterocycles. The first kappa shape index (κ1) is 17.2. The predicted molar refractivity (Wildman–Crippen MR) is 76.6 cm³/mol. The van der Waals surface area contributed by atoms with Crippen LogP contribution in [0.1, 0.15) is 52.4 Å². The summed E-state index contributed by atoms with van der Waals surface area (Å²) < 4.78 is 5.23. The van der Waals surface area contributed by atoms with E-state index in [-0.39, 0.29) is 12.1 Å². The van der Waals surface area contributed by atoms with Gasteiger partial charge in [0, 0.05) is 5.57 Å². The summed E-state index contributed by atoms with van der Waals surface area (Å²) in [5.41, 5.74) is 0.477. The summed E-state index contributed by atoms with van der Waals surface area (Å²) in [6.45, 7) is 8.38. The molecule has 0 saturated carbocycles. The number of hydrogen-bond donors (Lipinski definition) is 0. The molecule has 0 rings (SSSR count). The molecule has 0 N–H and O–H groups in total. The van der Waals surface area contributed by atoms with Gasteiger partial charge in [-0.1, -0.05) is 25.8 Å². The molecule has 0 aromatic carbocycles. The van der Waals surface area contributed by atoms with E-state index in [1.54, 1.807) is 6.92 Å². The van der Waals surface area contributed by atoms with Gasteiger partial charge in [0.05, 0.1) is 6.10 Å². The Bertz CT molecular complexity index is 249. The smallest absolute Gasteiger partial charge is 0.333 e. The zero-order valence-electron chi connectivity index (χ0n) is 12.5. The highest BCUT2D eigenvalue weighted by atomic mass is 16.5. The maximum Gasteiger partial charge on any atom is 0.333 e. The van der Waals surface area contributed by atoms with Gasteiger partial charge < -0.3 is 9.64 Å². The summed E-state index contributed by atoms with van der Waals surface area (Å²) in [5, 5.41) is 0. The third-order valence-electron chi connectivity index (χ3n) is 2.87. The highest BCUT2D eigenvalue weighted by Crippen LogP contribution is 2.10. The first-order valence-corrected chi connectivity index (χ1v) is 6.94. The van der Waals surface area contributed by atoms with E-state index in [2.05, 4.69) is 25.6 Å². The second-order valence-electron chi connectivity index (χ2n) is 5.36. The van der Waals surface area contributed by atoms with Crippen molar-refractivity contribution in [3.05, 3.63) is 12.2 Å². The van der Waals surface area contributed by atoms with Gasteiger partial charge in [0.25, 0.3) is 0 Å². The van der Waals surface area contributed by atoms with E-state index in [9.17, 15) is 4.79 Å². The second-order valence-corrected chi connectivity index (χ2v) is 5.36. The number of ether oxygens (including phenoxy) is 1. The first-order chi connectivity index (χ1) is 8.43. The molecule has 3 heteroatoms. The SMILES string of the molecule is C=C(C)C(=O)OC(C)CCCCCCCN(C)C. The molecule has 18 heavy (non-hydrogen) atoms. The molecule has 0 spiro atoms. The van der Waals surface area contributed by atoms with E-state index in [1.807, 2.05) is 6.92 Å². The second kappa shape index (κ2) is 10.1. The average Bonchev–Trinajstić information content (AvgIpc) is 2.27. The fourth-order valence-corrected chi connectivity index (χ4v) is 1.73. The van der Waals surface area contributed by atoms with Crippen molar-refractivity contribution in [2.24, 2.45) is 0 Å². The molecule has 0 aliphatic rings. The lowest BCUT2D eigenvalue weighted by Gasteiger charge is -2.13. The minimum atomic E-state index is -0.270. The molecule has 0 aromatic heterocycles. The summed E-state index contributed by atoms with van der Waals surface area (Å²) in [7, 11) is 4.22. The largest absolute Gasteiger partial charge is 0.459 e. The lowest BCUT2D eigenvalue weighted by Crippen LogP contribution is -2.15. The number of carbonyl (C=O) groups is 1. The highest BCUT2D eigenvalue weighted by Gasteiger charge is 2.09. The molecule has 0 aliphatic carbocycles. The predicted octanol–water partition coefficient (Wildman–Crippen LogP) is 3.40. The van der Waals surface area contributed by atoms with E-state index in [4.69, 9.17) is 4.74 Å². The van der Waals surface area contributed by atoms with Crippen LogP contribution < -0.4 is 0 Å². The van der Waals surface area contributed by atoms with Gasteiger partial charge in [0.1, 0.15) is 0 Å². The van der Waals surface area contributed by atoms with Crippen LogP contribution >= 0.6 is 0 Å². The van der Waals surface area contributed by atoms with E-state index in [0.29, 0.717) is 5.57 Å². The number of carbonyl (C=O) groups excluding carboxylic acids is 1. The molecular weight excluding hydrogens is 226 g/mol. The fourth-order valence-electron chi connectivity index (χ4n) is 1.73. The highest BCUT2D eigenvalue weighted by molar-refractivity contribution is 5.87. The van der Waals surface area contributed by atoms with Gasteiger partial charge in [0.2, 0.25) is 0 Å². The maximum atomic E-state index is 11.3. The number of rotatable bonds is 10. The van der Waals surface area contributed by atoms with E-state index >= 15 is 0 Å². The van der Waals surface area contributed by atoms with Gasteiger partial charge in [-0.15, -0.1) is 0 Å². The molecule has 1 unspecified atom stereocenters. The van der Waals surface area contributed by atoms with Crippen LogP contribution in [-0.4, -0.2) is 37.6 Å². The normalized spacial score (nSPS) is 12.5. The molecule has 0 fully saturated rings. The van der Waals surface area contributed by atoms with Crippen LogP contribution in [-0.2, 0) is 9.53 Å². The quantitative estimate of drug-likeness (QED) is 0.340. The first-order valence-electron chi connectivity index (χ1n) is 6.94. The van der Waals surface area contributed by atoms with Crippen LogP contribution in [0.5, 0.6) is 0 Å². The van der Waals surface area contributed by atoms with Gasteiger partial charge in [-0.05, 0) is 53.8 Å². The molecule has 1 atom stereocenters. The summed E-state index contributed by atoms with van der Waals surface area (Å²) in [6, 6.07) is 0. The van der Waals surface area contributed by atoms with Gasteiger partial charge in [-0.2, -0.15) is 0 Å². The van der Waals surface area contributed by atoms with Crippen molar-refractivity contribution >= 4 is 5.97 Å².